The molecule has 0 aliphatic carbocycles. The summed E-state index contributed by atoms with van der Waals surface area (Å²) in [7, 11) is 1.35. The molecule has 3 fully saturated rings. The fraction of sp³-hybridized carbons (Fsp3) is 0.500. The highest BCUT2D eigenvalue weighted by Gasteiger charge is 2.44. The summed E-state index contributed by atoms with van der Waals surface area (Å²) in [5.74, 6) is -23.0. The number of aromatic amines is 2. The van der Waals surface area contributed by atoms with Crippen molar-refractivity contribution >= 4 is 173 Å². The summed E-state index contributed by atoms with van der Waals surface area (Å²) in [6.07, 6.45) is -2.13. The Bertz CT molecular complexity index is 5470. The molecule has 6 aromatic rings. The average molecular weight is 1990 g/mol. The number of aliphatic hydroxyl groups is 1. The van der Waals surface area contributed by atoms with E-state index in [0.717, 1.165) is 19.2 Å². The number of aromatic nitrogens is 2. The van der Waals surface area contributed by atoms with E-state index in [2.05, 4.69) is 73.8 Å². The quantitative estimate of drug-likeness (QED) is 0.00994. The summed E-state index contributed by atoms with van der Waals surface area (Å²) in [5, 5.41) is 74.6. The van der Waals surface area contributed by atoms with Crippen molar-refractivity contribution in [3.05, 3.63) is 120 Å². The van der Waals surface area contributed by atoms with E-state index in [0.29, 0.717) is 78.2 Å². The molecule has 4 aromatic carbocycles. The van der Waals surface area contributed by atoms with Gasteiger partial charge in [-0.2, -0.15) is 0 Å². The minimum Gasteiger partial charge on any atom is -0.481 e. The van der Waals surface area contributed by atoms with Crippen molar-refractivity contribution in [2.45, 2.75) is 184 Å². The van der Waals surface area contributed by atoms with Crippen LogP contribution in [0.1, 0.15) is 103 Å². The molecule has 0 unspecified atom stereocenters. The molecule has 9 rings (SSSR count). The van der Waals surface area contributed by atoms with Crippen LogP contribution in [0.3, 0.4) is 0 Å². The highest BCUT2D eigenvalue weighted by atomic mass is 33.1. The zero-order valence-electron chi connectivity index (χ0n) is 78.2. The lowest BCUT2D eigenvalue weighted by molar-refractivity contribution is -0.142. The van der Waals surface area contributed by atoms with Gasteiger partial charge in [0.15, 0.2) is 0 Å². The number of rotatable bonds is 37. The van der Waals surface area contributed by atoms with Gasteiger partial charge in [0.2, 0.25) is 94.5 Å². The number of carbonyl (C=O) groups excluding carboxylic acids is 17. The molecule has 5 heterocycles. The molecule has 0 radical (unpaired) electrons. The number of aldehydes is 1. The molecule has 48 heteroatoms. The van der Waals surface area contributed by atoms with E-state index >= 15 is 38.4 Å². The molecule has 16 amide bonds. The van der Waals surface area contributed by atoms with Crippen LogP contribution in [-0.2, 0) is 115 Å². The van der Waals surface area contributed by atoms with Gasteiger partial charge >= 0.3 is 17.9 Å². The Morgan fingerprint density at radius 1 is 0.529 bits per heavy atom. The molecule has 0 spiro atoms. The molecular weight excluding hydrogens is 1860 g/mol. The molecule has 2 aromatic heterocycles. The number of amides is 16. The van der Waals surface area contributed by atoms with Crippen LogP contribution < -0.4 is 81.0 Å². The van der Waals surface area contributed by atoms with Crippen LogP contribution in [0.25, 0.3) is 32.6 Å². The monoisotopic (exact) mass is 1980 g/mol. The number of aliphatic hydroxyl groups excluding tert-OH is 1. The molecule has 46 nitrogen and oxygen atoms in total. The third-order valence-electron chi connectivity index (χ3n) is 23.9. The van der Waals surface area contributed by atoms with E-state index in [1.165, 1.54) is 25.7 Å². The van der Waals surface area contributed by atoms with Gasteiger partial charge in [0.1, 0.15) is 78.8 Å². The number of hydrogen-bond acceptors (Lipinski definition) is 27. The van der Waals surface area contributed by atoms with Gasteiger partial charge in [-0.25, -0.2) is 0 Å². The van der Waals surface area contributed by atoms with Crippen molar-refractivity contribution in [1.29, 1.82) is 0 Å². The van der Waals surface area contributed by atoms with E-state index in [-0.39, 0.29) is 124 Å². The zero-order chi connectivity index (χ0) is 102. The van der Waals surface area contributed by atoms with Crippen LogP contribution in [0.4, 0.5) is 0 Å². The first-order valence-corrected chi connectivity index (χ1v) is 48.2. The fourth-order valence-corrected chi connectivity index (χ4v) is 18.8. The van der Waals surface area contributed by atoms with Crippen LogP contribution in [0.2, 0.25) is 0 Å². The molecule has 140 heavy (non-hydrogen) atoms. The second-order valence-electron chi connectivity index (χ2n) is 35.8. The van der Waals surface area contributed by atoms with Crippen molar-refractivity contribution < 1.29 is 116 Å². The van der Waals surface area contributed by atoms with Gasteiger partial charge < -0.3 is 121 Å². The maximum absolute atomic E-state index is 15.6. The van der Waals surface area contributed by atoms with E-state index in [1.807, 2.05) is 0 Å². The van der Waals surface area contributed by atoms with E-state index in [1.54, 1.807) is 123 Å². The number of fused-ring (bicyclic) bond motifs is 3. The third-order valence-corrected chi connectivity index (χ3v) is 26.3. The number of H-pyrrole nitrogens is 2. The zero-order valence-corrected chi connectivity index (χ0v) is 79.9. The predicted molar refractivity (Wildman–Crippen MR) is 512 cm³/mol. The minimum absolute atomic E-state index is 0.00478. The van der Waals surface area contributed by atoms with Gasteiger partial charge in [0.05, 0.1) is 51.5 Å². The van der Waals surface area contributed by atoms with Gasteiger partial charge in [-0.15, -0.1) is 0 Å². The summed E-state index contributed by atoms with van der Waals surface area (Å²) in [4.78, 5) is 296. The van der Waals surface area contributed by atoms with Gasteiger partial charge in [-0.1, -0.05) is 121 Å². The van der Waals surface area contributed by atoms with Gasteiger partial charge in [0.25, 0.3) is 0 Å². The maximum Gasteiger partial charge on any atom is 0.317 e. The average Bonchev–Trinajstić information content (AvgIpc) is 1.15. The SMILES string of the molecule is CC(=O)N[C@@H](Cc1c[nH]c2ccccc12)C(=O)N[C@H](C(=O)N[C@H](C(=O)N[C@H]1CSSC[C@@H](C(=O)N[C@@H](Cc2c[nH]c3ccccc23)C(=O)N2CCC[C@H]2C(N)=O)NC(=O)[C@H](CC(=O)O)NC(=O)[C@H](CCCCNC(=O)CN2CCN(CC(=O)O)CCN(CC=O)CCN(CC(=O)O)CC2)NC(=O)[C@H](Cc2ccc3ccccc3c2)NC(=O)[C@H](CC(N)=O)NC(=O)[C@H](CC(N)=O)NC1=O)C(C)(C)C)[C@@H](C)O. The van der Waals surface area contributed by atoms with Gasteiger partial charge in [-0.05, 0) is 84.0 Å². The first kappa shape index (κ1) is 110. The number of nitrogens with two attached hydrogens (primary N) is 3. The molecule has 13 atom stereocenters. The summed E-state index contributed by atoms with van der Waals surface area (Å²) < 4.78 is 0. The maximum atomic E-state index is 15.6. The fourth-order valence-electron chi connectivity index (χ4n) is 16.5. The lowest BCUT2D eigenvalue weighted by Gasteiger charge is -2.34. The Labute approximate surface area is 813 Å². The number of carboxylic acid groups (broad SMARTS) is 3. The number of carboxylic acids is 3. The number of likely N-dealkylation sites (tertiary alicyclic amines) is 1. The number of nitrogens with zero attached hydrogens (tertiary/aromatic N) is 5. The lowest BCUT2D eigenvalue weighted by atomic mass is 9.85. The largest absolute Gasteiger partial charge is 0.481 e. The predicted octanol–water partition coefficient (Wildman–Crippen LogP) is -4.42. The standard InChI is InChI=1S/C92H124N22O24S2/c1-51(116)78(108-86(133)64(99-52(2)117)39-56-44-97-60-19-10-8-17-58(56)60)89(136)109-79(92(3,4)5)90(137)107-70-50-140-139-49-69(88(135)105-68(91(138)114-26-14-22-71(114)80(95)127)40-57-45-98-61-20-11-9-18-59(57)61)106-85(132)67(43-75(121)122)104-81(128)62(21-12-13-25-96-74(120)46-111-31-33-112(47-76(123)124)29-27-110(35-36-115)28-30-113(34-32-111)48-77(125)126)100-82(129)63(38-53-23-24-54-15-6-7-16-55(54)37-53)101-83(130)65(41-72(93)118)102-84(131)66(42-73(94)119)103-87(70)134/h6-11,15-20,23-24,36-37,44-45,51,62-71,78-79,97-98,116H,12-14,21-22,25-35,38-43,46-50H2,1-5H3,(H2,93,118)(H2,94,119)(H2,95,127)(H,96,120)(H,99,117)(H,100,129)(H,101,130)(H,102,131)(H,103,134)(H,104,128)(H,105,135)(H,106,132)(H,107,137)(H,108,133)(H,109,136)(H,121,122)(H,123,124)(H,125,126)/t51-,62+,63+,64+,65+,66+,67+,68+,69+,70+,71+,78+,79-/m1/s1. The Balaban J connectivity index is 1.08. The summed E-state index contributed by atoms with van der Waals surface area (Å²) in [6, 6.07) is 4.18. The third kappa shape index (κ3) is 33.9. The van der Waals surface area contributed by atoms with Crippen molar-refractivity contribution in [2.24, 2.45) is 22.6 Å². The van der Waals surface area contributed by atoms with Crippen molar-refractivity contribution in [3.8, 4) is 0 Å². The number of benzene rings is 4. The summed E-state index contributed by atoms with van der Waals surface area (Å²) >= 11 is 0. The van der Waals surface area contributed by atoms with Crippen molar-refractivity contribution in [2.75, 3.05) is 103 Å². The molecular formula is C92H124N22O24S2. The van der Waals surface area contributed by atoms with Crippen LogP contribution in [0.5, 0.6) is 0 Å². The Morgan fingerprint density at radius 3 is 1.57 bits per heavy atom. The van der Waals surface area contributed by atoms with Crippen molar-refractivity contribution in [1.82, 2.24) is 98.3 Å². The molecule has 758 valence electrons. The van der Waals surface area contributed by atoms with Crippen molar-refractivity contribution in [3.63, 3.8) is 0 Å². The highest BCUT2D eigenvalue weighted by molar-refractivity contribution is 8.76. The minimum atomic E-state index is -2.20. The van der Waals surface area contributed by atoms with Gasteiger partial charge in [0, 0.05) is 137 Å². The van der Waals surface area contributed by atoms with Crippen LogP contribution in [0, 0.1) is 5.41 Å². The first-order valence-electron chi connectivity index (χ1n) is 45.7. The number of aliphatic carboxylic acids is 3. The number of unbranched alkanes of at least 4 members (excludes halogenated alkanes) is 1. The van der Waals surface area contributed by atoms with E-state index in [9.17, 15) is 78.0 Å². The Morgan fingerprint density at radius 2 is 1.03 bits per heavy atom. The second-order valence-corrected chi connectivity index (χ2v) is 38.4. The van der Waals surface area contributed by atoms with Crippen LogP contribution in [-0.4, -0.2) is 355 Å². The molecule has 0 bridgehead atoms. The van der Waals surface area contributed by atoms with Gasteiger partial charge in [-0.3, -0.25) is 111 Å². The normalized spacial score (nSPS) is 21.1. The second kappa shape index (κ2) is 52.9. The molecule has 3 saturated heterocycles. The lowest BCUT2D eigenvalue weighted by Crippen LogP contribution is -2.64. The number of para-hydroxylation sites is 2. The first-order chi connectivity index (χ1) is 66.5. The highest BCUT2D eigenvalue weighted by Crippen LogP contribution is 2.29. The Hall–Kier alpha value is -13.7. The molecule has 0 saturated carbocycles. The summed E-state index contributed by atoms with van der Waals surface area (Å²) in [6.45, 7) is 7.08. The van der Waals surface area contributed by atoms with Crippen LogP contribution >= 0.6 is 21.6 Å². The smallest absolute Gasteiger partial charge is 0.317 e. The summed E-state index contributed by atoms with van der Waals surface area (Å²) in [5.41, 5.74) is 18.7. The number of primary amides is 3. The topological polar surface area (TPSA) is 693 Å². The number of hydrogen-bond donors (Lipinski definition) is 21. The molecule has 3 aliphatic heterocycles. The molecule has 24 N–H and O–H groups in total. The molecule has 3 aliphatic rings. The Kier molecular flexibility index (Phi) is 41.6. The van der Waals surface area contributed by atoms with E-state index in [4.69, 9.17) is 17.2 Å². The van der Waals surface area contributed by atoms with E-state index < -0.39 is 240 Å². The van der Waals surface area contributed by atoms with Crippen LogP contribution in [0.15, 0.2) is 103 Å². The number of carbonyl (C=O) groups is 20. The number of nitrogens with one attached hydrogen (secondary N) is 14.